The minimum atomic E-state index is -4.15. The van der Waals surface area contributed by atoms with Crippen LogP contribution in [-0.4, -0.2) is 18.0 Å². The lowest BCUT2D eigenvalue weighted by Crippen LogP contribution is -1.98. The number of thiophene rings is 1. The fourth-order valence-electron chi connectivity index (χ4n) is 3.32. The zero-order valence-electron chi connectivity index (χ0n) is 16.4. The third-order valence-corrected chi connectivity index (χ3v) is 6.69. The summed E-state index contributed by atoms with van der Waals surface area (Å²) in [5, 5.41) is 2.06. The molecule has 154 valence electrons. The van der Waals surface area contributed by atoms with Gasteiger partial charge in [0.25, 0.3) is 10.1 Å². The maximum Gasteiger partial charge on any atom is 0.294 e. The second-order valence-corrected chi connectivity index (χ2v) is 9.42. The van der Waals surface area contributed by atoms with E-state index in [0.717, 1.165) is 47.4 Å². The van der Waals surface area contributed by atoms with Crippen molar-refractivity contribution in [3.8, 4) is 21.9 Å². The predicted molar refractivity (Wildman–Crippen MR) is 118 cm³/mol. The van der Waals surface area contributed by atoms with Crippen LogP contribution in [0.3, 0.4) is 0 Å². The van der Waals surface area contributed by atoms with Crippen molar-refractivity contribution in [1.82, 2.24) is 4.98 Å². The molecular formula is C23H21NO4S2. The molecule has 0 aliphatic heterocycles. The van der Waals surface area contributed by atoms with Crippen molar-refractivity contribution in [3.63, 3.8) is 0 Å². The Morgan fingerprint density at radius 1 is 1.00 bits per heavy atom. The van der Waals surface area contributed by atoms with Gasteiger partial charge in [0.1, 0.15) is 5.76 Å². The Morgan fingerprint density at radius 2 is 1.77 bits per heavy atom. The molecule has 2 aromatic carbocycles. The number of rotatable bonds is 7. The summed E-state index contributed by atoms with van der Waals surface area (Å²) in [4.78, 5) is 5.82. The zero-order chi connectivity index (χ0) is 21.1. The summed E-state index contributed by atoms with van der Waals surface area (Å²) in [5.41, 5.74) is 4.04. The number of nitrogens with zero attached hydrogens (tertiary/aromatic N) is 1. The summed E-state index contributed by atoms with van der Waals surface area (Å²) in [6, 6.07) is 18.6. The molecule has 4 aromatic rings. The minimum Gasteiger partial charge on any atom is -0.441 e. The summed E-state index contributed by atoms with van der Waals surface area (Å²) in [5.74, 6) is 1.44. The van der Waals surface area contributed by atoms with Crippen molar-refractivity contribution in [2.45, 2.75) is 31.1 Å². The van der Waals surface area contributed by atoms with Gasteiger partial charge in [0.05, 0.1) is 10.6 Å². The Balaban J connectivity index is 1.43. The molecule has 0 atom stereocenters. The second kappa shape index (κ2) is 8.55. The fourth-order valence-corrected chi connectivity index (χ4v) is 4.52. The first-order valence-corrected chi connectivity index (χ1v) is 11.9. The Bertz CT molecular complexity index is 1240. The standard InChI is InChI=1S/C23H21NO4S2/c1-16-21(8-2-5-17-10-12-20(13-11-17)30(25,26)27)24-23(28-16)19-7-3-6-18(15-19)22-9-4-14-29-22/h3-4,6-7,9-15H,2,5,8H2,1H3,(H,25,26,27). The molecular weight excluding hydrogens is 418 g/mol. The quantitative estimate of drug-likeness (QED) is 0.368. The molecule has 0 amide bonds. The maximum absolute atomic E-state index is 11.1. The predicted octanol–water partition coefficient (Wildman–Crippen LogP) is 5.80. The number of hydrogen-bond acceptors (Lipinski definition) is 5. The van der Waals surface area contributed by atoms with E-state index in [1.165, 1.54) is 17.0 Å². The minimum absolute atomic E-state index is 0.0898. The van der Waals surface area contributed by atoms with Crippen LogP contribution in [0.1, 0.15) is 23.4 Å². The Hall–Kier alpha value is -2.74. The highest BCUT2D eigenvalue weighted by Crippen LogP contribution is 2.30. The third-order valence-electron chi connectivity index (χ3n) is 4.91. The van der Waals surface area contributed by atoms with Crippen molar-refractivity contribution in [2.24, 2.45) is 0 Å². The van der Waals surface area contributed by atoms with E-state index in [9.17, 15) is 8.42 Å². The van der Waals surface area contributed by atoms with Gasteiger partial charge in [0, 0.05) is 10.4 Å². The van der Waals surface area contributed by atoms with E-state index in [2.05, 4.69) is 23.6 Å². The van der Waals surface area contributed by atoms with E-state index < -0.39 is 10.1 Å². The lowest BCUT2D eigenvalue weighted by molar-refractivity contribution is 0.483. The molecule has 0 saturated heterocycles. The molecule has 0 saturated carbocycles. The van der Waals surface area contributed by atoms with Gasteiger partial charge in [-0.2, -0.15) is 8.42 Å². The number of aryl methyl sites for hydroxylation is 3. The van der Waals surface area contributed by atoms with Crippen LogP contribution in [0.2, 0.25) is 0 Å². The SMILES string of the molecule is Cc1oc(-c2cccc(-c3cccs3)c2)nc1CCCc1ccc(S(=O)(=O)O)cc1. The molecule has 0 aliphatic rings. The van der Waals surface area contributed by atoms with E-state index in [1.807, 2.05) is 25.1 Å². The molecule has 7 heteroatoms. The second-order valence-electron chi connectivity index (χ2n) is 7.05. The summed E-state index contributed by atoms with van der Waals surface area (Å²) in [7, 11) is -4.15. The highest BCUT2D eigenvalue weighted by molar-refractivity contribution is 7.85. The summed E-state index contributed by atoms with van der Waals surface area (Å²) in [6.07, 6.45) is 2.40. The van der Waals surface area contributed by atoms with Crippen LogP contribution in [-0.2, 0) is 23.0 Å². The van der Waals surface area contributed by atoms with Gasteiger partial charge in [-0.15, -0.1) is 11.3 Å². The van der Waals surface area contributed by atoms with E-state index in [4.69, 9.17) is 14.0 Å². The number of oxazole rings is 1. The third kappa shape index (κ3) is 4.70. The Kier molecular flexibility index (Phi) is 5.85. The van der Waals surface area contributed by atoms with Gasteiger partial charge < -0.3 is 4.42 Å². The van der Waals surface area contributed by atoms with Gasteiger partial charge in [-0.1, -0.05) is 30.3 Å². The highest BCUT2D eigenvalue weighted by atomic mass is 32.2. The molecule has 0 spiro atoms. The summed E-state index contributed by atoms with van der Waals surface area (Å²) < 4.78 is 37.2. The van der Waals surface area contributed by atoms with Crippen molar-refractivity contribution in [3.05, 3.63) is 83.1 Å². The molecule has 0 unspecified atom stereocenters. The normalized spacial score (nSPS) is 11.7. The van der Waals surface area contributed by atoms with Gasteiger partial charge in [-0.25, -0.2) is 4.98 Å². The molecule has 0 fully saturated rings. The molecule has 0 aliphatic carbocycles. The topological polar surface area (TPSA) is 80.4 Å². The van der Waals surface area contributed by atoms with Crippen LogP contribution in [0.25, 0.3) is 21.9 Å². The van der Waals surface area contributed by atoms with E-state index in [-0.39, 0.29) is 4.90 Å². The summed E-state index contributed by atoms with van der Waals surface area (Å²) in [6.45, 7) is 1.93. The van der Waals surface area contributed by atoms with Crippen LogP contribution >= 0.6 is 11.3 Å². The smallest absolute Gasteiger partial charge is 0.294 e. The van der Waals surface area contributed by atoms with E-state index in [0.29, 0.717) is 5.89 Å². The van der Waals surface area contributed by atoms with Crippen LogP contribution in [0.15, 0.2) is 75.4 Å². The van der Waals surface area contributed by atoms with Gasteiger partial charge in [0.15, 0.2) is 0 Å². The first-order valence-electron chi connectivity index (χ1n) is 9.57. The van der Waals surface area contributed by atoms with Crippen LogP contribution in [0.4, 0.5) is 0 Å². The average Bonchev–Trinajstić information content (AvgIpc) is 3.38. The molecule has 0 radical (unpaired) electrons. The largest absolute Gasteiger partial charge is 0.441 e. The van der Waals surface area contributed by atoms with E-state index in [1.54, 1.807) is 23.5 Å². The van der Waals surface area contributed by atoms with Gasteiger partial charge in [0.2, 0.25) is 5.89 Å². The molecule has 2 aromatic heterocycles. The number of aromatic nitrogens is 1. The first-order chi connectivity index (χ1) is 14.4. The Morgan fingerprint density at radius 3 is 2.47 bits per heavy atom. The molecule has 0 bridgehead atoms. The van der Waals surface area contributed by atoms with Crippen molar-refractivity contribution in [2.75, 3.05) is 0 Å². The molecule has 4 rings (SSSR count). The summed E-state index contributed by atoms with van der Waals surface area (Å²) >= 11 is 1.70. The van der Waals surface area contributed by atoms with Crippen molar-refractivity contribution >= 4 is 21.5 Å². The Labute approximate surface area is 179 Å². The van der Waals surface area contributed by atoms with Gasteiger partial charge >= 0.3 is 0 Å². The molecule has 2 heterocycles. The fraction of sp³-hybridized carbons (Fsp3) is 0.174. The monoisotopic (exact) mass is 439 g/mol. The molecule has 1 N–H and O–H groups in total. The number of benzene rings is 2. The van der Waals surface area contributed by atoms with Gasteiger partial charge in [-0.3, -0.25) is 4.55 Å². The van der Waals surface area contributed by atoms with Crippen molar-refractivity contribution in [1.29, 1.82) is 0 Å². The number of hydrogen-bond donors (Lipinski definition) is 1. The van der Waals surface area contributed by atoms with Gasteiger partial charge in [-0.05, 0) is 73.0 Å². The van der Waals surface area contributed by atoms with Crippen molar-refractivity contribution < 1.29 is 17.4 Å². The van der Waals surface area contributed by atoms with Crippen LogP contribution in [0.5, 0.6) is 0 Å². The van der Waals surface area contributed by atoms with E-state index >= 15 is 0 Å². The maximum atomic E-state index is 11.1. The van der Waals surface area contributed by atoms with Crippen LogP contribution < -0.4 is 0 Å². The first kappa shape index (κ1) is 20.5. The van der Waals surface area contributed by atoms with Crippen LogP contribution in [0, 0.1) is 6.92 Å². The molecule has 5 nitrogen and oxygen atoms in total. The highest BCUT2D eigenvalue weighted by Gasteiger charge is 2.13. The lowest BCUT2D eigenvalue weighted by Gasteiger charge is -2.02. The zero-order valence-corrected chi connectivity index (χ0v) is 18.0. The molecule has 30 heavy (non-hydrogen) atoms. The average molecular weight is 440 g/mol. The lowest BCUT2D eigenvalue weighted by atomic mass is 10.1.